The molecule has 0 bridgehead atoms. The Morgan fingerprint density at radius 2 is 2.08 bits per heavy atom. The highest BCUT2D eigenvalue weighted by molar-refractivity contribution is 6.05. The molecule has 0 atom stereocenters. The van der Waals surface area contributed by atoms with E-state index in [1.807, 2.05) is 6.92 Å². The summed E-state index contributed by atoms with van der Waals surface area (Å²) in [5.74, 6) is -1.18. The number of nitrogens with zero attached hydrogens (tertiary/aromatic N) is 3. The number of aromatic nitrogens is 3. The topological polar surface area (TPSA) is 79.4 Å². The van der Waals surface area contributed by atoms with Gasteiger partial charge in [0, 0.05) is 41.9 Å². The fraction of sp³-hybridized carbons (Fsp3) is 0.444. The first-order valence-electron chi connectivity index (χ1n) is 8.46. The van der Waals surface area contributed by atoms with Gasteiger partial charge in [-0.05, 0) is 26.8 Å². The summed E-state index contributed by atoms with van der Waals surface area (Å²) in [5.41, 5.74) is 9.40. The second kappa shape index (κ2) is 5.05. The lowest BCUT2D eigenvalue weighted by Crippen LogP contribution is -2.60. The molecule has 1 fully saturated rings. The van der Waals surface area contributed by atoms with E-state index in [2.05, 4.69) is 35.8 Å². The van der Waals surface area contributed by atoms with Crippen molar-refractivity contribution in [2.75, 3.05) is 13.1 Å². The summed E-state index contributed by atoms with van der Waals surface area (Å²) in [6, 6.07) is 3.00. The zero-order valence-corrected chi connectivity index (χ0v) is 14.9. The van der Waals surface area contributed by atoms with Gasteiger partial charge in [-0.3, -0.25) is 14.8 Å². The Balaban J connectivity index is 1.95. The van der Waals surface area contributed by atoms with E-state index in [1.165, 1.54) is 12.1 Å². The van der Waals surface area contributed by atoms with Crippen LogP contribution in [0.2, 0.25) is 0 Å². The van der Waals surface area contributed by atoms with Crippen LogP contribution in [0, 0.1) is 12.7 Å². The average Bonchev–Trinajstić information content (AvgIpc) is 2.96. The molecule has 4 rings (SSSR count). The summed E-state index contributed by atoms with van der Waals surface area (Å²) in [4.78, 5) is 18.8. The molecule has 7 heteroatoms. The van der Waals surface area contributed by atoms with Crippen LogP contribution in [-0.2, 0) is 5.41 Å². The van der Waals surface area contributed by atoms with Crippen molar-refractivity contribution in [1.29, 1.82) is 0 Å². The van der Waals surface area contributed by atoms with E-state index in [0.717, 1.165) is 30.0 Å². The largest absolute Gasteiger partial charge is 0.366 e. The molecule has 0 aliphatic carbocycles. The molecule has 6 nitrogen and oxygen atoms in total. The van der Waals surface area contributed by atoms with Crippen LogP contribution in [0.1, 0.15) is 42.4 Å². The molecule has 3 N–H and O–H groups in total. The third-order valence-corrected chi connectivity index (χ3v) is 5.30. The standard InChI is InChI=1S/C18H22FN5O/c1-9(2)23-7-18(4,8-23)14-10(3)22-24-15-12(16(20)25)5-11(19)6-13(15)21-17(14)24/h5-6,9,22H,7-8H2,1-4H3,(H2,20,25). The van der Waals surface area contributed by atoms with Gasteiger partial charge in [-0.1, -0.05) is 6.92 Å². The Hall–Kier alpha value is -2.41. The Morgan fingerprint density at radius 3 is 2.68 bits per heavy atom. The van der Waals surface area contributed by atoms with Crippen LogP contribution >= 0.6 is 0 Å². The maximum absolute atomic E-state index is 13.8. The number of fused-ring (bicyclic) bond motifs is 3. The molecule has 1 aliphatic heterocycles. The summed E-state index contributed by atoms with van der Waals surface area (Å²) < 4.78 is 15.6. The number of nitrogens with one attached hydrogen (secondary N) is 1. The molecule has 3 heterocycles. The highest BCUT2D eigenvalue weighted by Crippen LogP contribution is 2.40. The Labute approximate surface area is 144 Å². The molecule has 3 aromatic rings. The van der Waals surface area contributed by atoms with Gasteiger partial charge in [0.05, 0.1) is 11.1 Å². The normalized spacial score (nSPS) is 17.5. The monoisotopic (exact) mass is 343 g/mol. The van der Waals surface area contributed by atoms with Crippen LogP contribution in [0.5, 0.6) is 0 Å². The van der Waals surface area contributed by atoms with E-state index in [1.54, 1.807) is 4.52 Å². The molecular formula is C18H22FN5O. The fourth-order valence-corrected chi connectivity index (χ4v) is 4.13. The van der Waals surface area contributed by atoms with Gasteiger partial charge in [-0.15, -0.1) is 0 Å². The first kappa shape index (κ1) is 16.1. The molecule has 132 valence electrons. The van der Waals surface area contributed by atoms with Gasteiger partial charge in [-0.25, -0.2) is 13.9 Å². The number of halogens is 1. The number of imidazole rings is 1. The molecule has 2 aromatic heterocycles. The zero-order valence-electron chi connectivity index (χ0n) is 14.9. The lowest BCUT2D eigenvalue weighted by atomic mass is 9.75. The van der Waals surface area contributed by atoms with Gasteiger partial charge in [0.15, 0.2) is 5.65 Å². The number of carbonyl (C=O) groups excluding carboxylic acids is 1. The van der Waals surface area contributed by atoms with Gasteiger partial charge in [0.2, 0.25) is 0 Å². The number of primary amides is 1. The zero-order chi connectivity index (χ0) is 18.1. The number of H-pyrrole nitrogens is 1. The van der Waals surface area contributed by atoms with E-state index in [4.69, 9.17) is 5.73 Å². The molecular weight excluding hydrogens is 321 g/mol. The molecule has 0 saturated carbocycles. The number of hydrogen-bond acceptors (Lipinski definition) is 3. The number of likely N-dealkylation sites (tertiary alicyclic amines) is 1. The van der Waals surface area contributed by atoms with Crippen LogP contribution in [-0.4, -0.2) is 44.5 Å². The summed E-state index contributed by atoms with van der Waals surface area (Å²) >= 11 is 0. The lowest BCUT2D eigenvalue weighted by molar-refractivity contribution is 0.0484. The molecule has 1 aliphatic rings. The average molecular weight is 343 g/mol. The molecule has 25 heavy (non-hydrogen) atoms. The van der Waals surface area contributed by atoms with Crippen molar-refractivity contribution in [2.45, 2.75) is 39.2 Å². The highest BCUT2D eigenvalue weighted by Gasteiger charge is 2.44. The summed E-state index contributed by atoms with van der Waals surface area (Å²) in [6.07, 6.45) is 0. The summed E-state index contributed by atoms with van der Waals surface area (Å²) in [5, 5.41) is 3.29. The second-order valence-corrected chi connectivity index (χ2v) is 7.63. The Bertz CT molecular complexity index is 1010. The third kappa shape index (κ3) is 2.18. The molecule has 0 spiro atoms. The maximum Gasteiger partial charge on any atom is 0.251 e. The minimum absolute atomic E-state index is 0.0254. The smallest absolute Gasteiger partial charge is 0.251 e. The van der Waals surface area contributed by atoms with Gasteiger partial charge in [0.1, 0.15) is 11.3 Å². The molecule has 0 unspecified atom stereocenters. The van der Waals surface area contributed by atoms with Crippen molar-refractivity contribution in [1.82, 2.24) is 19.5 Å². The van der Waals surface area contributed by atoms with Gasteiger partial charge >= 0.3 is 0 Å². The SMILES string of the molecule is Cc1[nH]n2c(nc3cc(F)cc(C(N)=O)c32)c1C1(C)CN(C(C)C)C1. The summed E-state index contributed by atoms with van der Waals surface area (Å²) in [6.45, 7) is 10.5. The maximum atomic E-state index is 13.8. The predicted molar refractivity (Wildman–Crippen MR) is 94.3 cm³/mol. The van der Waals surface area contributed by atoms with Crippen LogP contribution in [0.4, 0.5) is 4.39 Å². The molecule has 1 saturated heterocycles. The number of hydrogen-bond donors (Lipinski definition) is 2. The number of amides is 1. The number of benzene rings is 1. The van der Waals surface area contributed by atoms with E-state index in [0.29, 0.717) is 17.1 Å². The number of nitrogens with two attached hydrogens (primary N) is 1. The number of carbonyl (C=O) groups is 1. The highest BCUT2D eigenvalue weighted by atomic mass is 19.1. The van der Waals surface area contributed by atoms with Crippen molar-refractivity contribution in [3.63, 3.8) is 0 Å². The van der Waals surface area contributed by atoms with Crippen molar-refractivity contribution in [3.05, 3.63) is 34.8 Å². The van der Waals surface area contributed by atoms with Crippen LogP contribution in [0.25, 0.3) is 16.7 Å². The Morgan fingerprint density at radius 1 is 1.40 bits per heavy atom. The molecule has 0 radical (unpaired) electrons. The minimum atomic E-state index is -0.666. The van der Waals surface area contributed by atoms with Crippen LogP contribution in [0.15, 0.2) is 12.1 Å². The quantitative estimate of drug-likeness (QED) is 0.766. The van der Waals surface area contributed by atoms with Gasteiger partial charge < -0.3 is 5.73 Å². The Kier molecular flexibility index (Phi) is 3.25. The van der Waals surface area contributed by atoms with E-state index < -0.39 is 11.7 Å². The number of rotatable bonds is 3. The number of aryl methyl sites for hydroxylation is 1. The lowest BCUT2D eigenvalue weighted by Gasteiger charge is -2.50. The van der Waals surface area contributed by atoms with Crippen LogP contribution < -0.4 is 5.73 Å². The van der Waals surface area contributed by atoms with Crippen molar-refractivity contribution >= 4 is 22.6 Å². The van der Waals surface area contributed by atoms with Crippen molar-refractivity contribution in [2.24, 2.45) is 5.73 Å². The first-order valence-corrected chi connectivity index (χ1v) is 8.46. The predicted octanol–water partition coefficient (Wildman–Crippen LogP) is 2.34. The number of aromatic amines is 1. The van der Waals surface area contributed by atoms with Crippen molar-refractivity contribution < 1.29 is 9.18 Å². The minimum Gasteiger partial charge on any atom is -0.366 e. The third-order valence-electron chi connectivity index (χ3n) is 5.30. The van der Waals surface area contributed by atoms with E-state index in [-0.39, 0.29) is 11.0 Å². The first-order chi connectivity index (χ1) is 11.7. The van der Waals surface area contributed by atoms with Crippen molar-refractivity contribution in [3.8, 4) is 0 Å². The molecule has 1 amide bonds. The van der Waals surface area contributed by atoms with Gasteiger partial charge in [0.25, 0.3) is 5.91 Å². The summed E-state index contributed by atoms with van der Waals surface area (Å²) in [7, 11) is 0. The molecule has 1 aromatic carbocycles. The fourth-order valence-electron chi connectivity index (χ4n) is 4.13. The van der Waals surface area contributed by atoms with Crippen LogP contribution in [0.3, 0.4) is 0 Å². The van der Waals surface area contributed by atoms with E-state index in [9.17, 15) is 9.18 Å². The van der Waals surface area contributed by atoms with E-state index >= 15 is 0 Å². The van der Waals surface area contributed by atoms with Gasteiger partial charge in [-0.2, -0.15) is 0 Å². The second-order valence-electron chi connectivity index (χ2n) is 7.63.